The minimum Gasteiger partial charge on any atom is -0.320 e. The van der Waals surface area contributed by atoms with Crippen molar-refractivity contribution in [3.8, 4) is 0 Å². The van der Waals surface area contributed by atoms with E-state index in [9.17, 15) is 4.79 Å². The molecule has 0 aromatic heterocycles. The van der Waals surface area contributed by atoms with Gasteiger partial charge in [0.1, 0.15) is 0 Å². The number of amides is 1. The number of rotatable bonds is 0. The fourth-order valence-corrected chi connectivity index (χ4v) is 1.08. The Hall–Kier alpha value is -0.790. The minimum atomic E-state index is 0.151. The molecule has 1 aliphatic rings. The molecule has 0 aliphatic carbocycles. The van der Waals surface area contributed by atoms with Crippen LogP contribution in [0.25, 0.3) is 0 Å². The largest absolute Gasteiger partial charge is 0.320 e. The maximum absolute atomic E-state index is 10.8. The predicted molar refractivity (Wildman–Crippen MR) is 40.4 cm³/mol. The van der Waals surface area contributed by atoms with Crippen molar-refractivity contribution in [2.24, 2.45) is 0 Å². The van der Waals surface area contributed by atoms with Crippen LogP contribution in [0.2, 0.25) is 0 Å². The van der Waals surface area contributed by atoms with Crippen LogP contribution in [0.5, 0.6) is 0 Å². The third kappa shape index (κ3) is 1.87. The van der Waals surface area contributed by atoms with Crippen molar-refractivity contribution in [1.82, 2.24) is 4.90 Å². The molecule has 0 atom stereocenters. The first-order valence-corrected chi connectivity index (χ1v) is 3.74. The minimum absolute atomic E-state index is 0.151. The number of hydrogen-bond donors (Lipinski definition) is 0. The quantitative estimate of drug-likeness (QED) is 0.498. The number of carbonyl (C=O) groups is 1. The molecule has 2 heteroatoms. The van der Waals surface area contributed by atoms with E-state index in [4.69, 9.17) is 0 Å². The van der Waals surface area contributed by atoms with Crippen molar-refractivity contribution in [3.63, 3.8) is 0 Å². The van der Waals surface area contributed by atoms with Crippen LogP contribution in [0.1, 0.15) is 26.2 Å². The maximum Gasteiger partial charge on any atom is 0.223 e. The number of carbonyl (C=O) groups excluding carboxylic acids is 1. The second kappa shape index (κ2) is 3.40. The highest BCUT2D eigenvalue weighted by Crippen LogP contribution is 2.06. The van der Waals surface area contributed by atoms with Crippen molar-refractivity contribution < 1.29 is 4.79 Å². The molecule has 0 spiro atoms. The molecule has 0 aromatic rings. The Morgan fingerprint density at radius 3 is 3.00 bits per heavy atom. The van der Waals surface area contributed by atoms with Crippen LogP contribution in [0.3, 0.4) is 0 Å². The molecular formula is C8H13NO. The van der Waals surface area contributed by atoms with Crippen molar-refractivity contribution in [3.05, 3.63) is 12.3 Å². The van der Waals surface area contributed by atoms with Gasteiger partial charge in [-0.2, -0.15) is 0 Å². The first-order chi connectivity index (χ1) is 4.80. The van der Waals surface area contributed by atoms with Gasteiger partial charge in [0.2, 0.25) is 5.91 Å². The highest BCUT2D eigenvalue weighted by Gasteiger charge is 2.05. The third-order valence-corrected chi connectivity index (χ3v) is 1.71. The average molecular weight is 139 g/mol. The van der Waals surface area contributed by atoms with E-state index in [1.807, 2.05) is 6.20 Å². The van der Waals surface area contributed by atoms with E-state index >= 15 is 0 Å². The molecule has 0 unspecified atom stereocenters. The van der Waals surface area contributed by atoms with Gasteiger partial charge in [-0.05, 0) is 19.3 Å². The Morgan fingerprint density at radius 1 is 1.50 bits per heavy atom. The zero-order chi connectivity index (χ0) is 7.40. The summed E-state index contributed by atoms with van der Waals surface area (Å²) in [6, 6.07) is 0. The van der Waals surface area contributed by atoms with Gasteiger partial charge in [-0.3, -0.25) is 4.79 Å². The fourth-order valence-electron chi connectivity index (χ4n) is 1.08. The van der Waals surface area contributed by atoms with Gasteiger partial charge in [0.25, 0.3) is 0 Å². The summed E-state index contributed by atoms with van der Waals surface area (Å²) in [5.74, 6) is 0.151. The number of hydrogen-bond acceptors (Lipinski definition) is 1. The van der Waals surface area contributed by atoms with E-state index in [1.54, 1.807) is 11.8 Å². The summed E-state index contributed by atoms with van der Waals surface area (Å²) >= 11 is 0. The lowest BCUT2D eigenvalue weighted by Gasteiger charge is -2.12. The molecule has 2 nitrogen and oxygen atoms in total. The summed E-state index contributed by atoms with van der Waals surface area (Å²) in [6.45, 7) is 2.50. The highest BCUT2D eigenvalue weighted by molar-refractivity contribution is 5.74. The molecule has 0 bridgehead atoms. The summed E-state index contributed by atoms with van der Waals surface area (Å²) < 4.78 is 0. The molecule has 1 rings (SSSR count). The molecule has 0 fully saturated rings. The normalized spacial score (nSPS) is 18.7. The van der Waals surface area contributed by atoms with Crippen LogP contribution in [-0.4, -0.2) is 17.4 Å². The third-order valence-electron chi connectivity index (χ3n) is 1.71. The van der Waals surface area contributed by atoms with Crippen LogP contribution in [0, 0.1) is 0 Å². The molecule has 1 amide bonds. The summed E-state index contributed by atoms with van der Waals surface area (Å²) in [7, 11) is 0. The smallest absolute Gasteiger partial charge is 0.223 e. The molecule has 0 N–H and O–H groups in total. The van der Waals surface area contributed by atoms with Crippen molar-refractivity contribution in [1.29, 1.82) is 0 Å². The van der Waals surface area contributed by atoms with Crippen molar-refractivity contribution >= 4 is 5.91 Å². The molecule has 56 valence electrons. The van der Waals surface area contributed by atoms with Gasteiger partial charge in [0.05, 0.1) is 0 Å². The molecule has 1 heterocycles. The van der Waals surface area contributed by atoms with Crippen molar-refractivity contribution in [2.45, 2.75) is 26.2 Å². The molecule has 1 aliphatic heterocycles. The Bertz CT molecular complexity index is 151. The SMILES string of the molecule is CC(=O)N1C=CCCCC1. The summed E-state index contributed by atoms with van der Waals surface area (Å²) in [6.07, 6.45) is 7.42. The molecule has 0 saturated carbocycles. The fraction of sp³-hybridized carbons (Fsp3) is 0.625. The zero-order valence-corrected chi connectivity index (χ0v) is 6.34. The lowest BCUT2D eigenvalue weighted by Crippen LogP contribution is -2.22. The monoisotopic (exact) mass is 139 g/mol. The number of nitrogens with zero attached hydrogens (tertiary/aromatic N) is 1. The highest BCUT2D eigenvalue weighted by atomic mass is 16.2. The first-order valence-electron chi connectivity index (χ1n) is 3.74. The van der Waals surface area contributed by atoms with E-state index in [-0.39, 0.29) is 5.91 Å². The van der Waals surface area contributed by atoms with Crippen LogP contribution < -0.4 is 0 Å². The van der Waals surface area contributed by atoms with Gasteiger partial charge in [-0.15, -0.1) is 0 Å². The molecule has 10 heavy (non-hydrogen) atoms. The Labute approximate surface area is 61.5 Å². The standard InChI is InChI=1S/C8H13NO/c1-8(10)9-6-4-2-3-5-7-9/h4,6H,2-3,5,7H2,1H3. The summed E-state index contributed by atoms with van der Waals surface area (Å²) in [5.41, 5.74) is 0. The van der Waals surface area contributed by atoms with E-state index in [1.165, 1.54) is 6.42 Å². The average Bonchev–Trinajstić information content (AvgIpc) is 2.12. The topological polar surface area (TPSA) is 20.3 Å². The van der Waals surface area contributed by atoms with Crippen LogP contribution in [0.15, 0.2) is 12.3 Å². The van der Waals surface area contributed by atoms with Gasteiger partial charge in [-0.1, -0.05) is 6.08 Å². The predicted octanol–water partition coefficient (Wildman–Crippen LogP) is 1.53. The second-order valence-corrected chi connectivity index (χ2v) is 2.59. The van der Waals surface area contributed by atoms with Gasteiger partial charge in [-0.25, -0.2) is 0 Å². The molecule has 0 aromatic carbocycles. The Kier molecular flexibility index (Phi) is 2.49. The molecule has 0 saturated heterocycles. The van der Waals surface area contributed by atoms with E-state index in [0.29, 0.717) is 0 Å². The summed E-state index contributed by atoms with van der Waals surface area (Å²) in [5, 5.41) is 0. The summed E-state index contributed by atoms with van der Waals surface area (Å²) in [4.78, 5) is 12.6. The lowest BCUT2D eigenvalue weighted by molar-refractivity contribution is -0.126. The van der Waals surface area contributed by atoms with E-state index in [0.717, 1.165) is 19.4 Å². The second-order valence-electron chi connectivity index (χ2n) is 2.59. The van der Waals surface area contributed by atoms with Gasteiger partial charge >= 0.3 is 0 Å². The number of allylic oxidation sites excluding steroid dienone is 1. The Morgan fingerprint density at radius 2 is 2.30 bits per heavy atom. The molecule has 0 radical (unpaired) electrons. The maximum atomic E-state index is 10.8. The zero-order valence-electron chi connectivity index (χ0n) is 6.34. The van der Waals surface area contributed by atoms with Gasteiger partial charge in [0.15, 0.2) is 0 Å². The van der Waals surface area contributed by atoms with Crippen LogP contribution in [0.4, 0.5) is 0 Å². The van der Waals surface area contributed by atoms with E-state index < -0.39 is 0 Å². The van der Waals surface area contributed by atoms with Gasteiger partial charge in [0, 0.05) is 19.7 Å². The molecular weight excluding hydrogens is 126 g/mol. The van der Waals surface area contributed by atoms with Crippen LogP contribution >= 0.6 is 0 Å². The Balaban J connectivity index is 2.49. The van der Waals surface area contributed by atoms with Crippen molar-refractivity contribution in [2.75, 3.05) is 6.54 Å². The van der Waals surface area contributed by atoms with Crippen LogP contribution in [-0.2, 0) is 4.79 Å². The first kappa shape index (κ1) is 7.32. The van der Waals surface area contributed by atoms with Gasteiger partial charge < -0.3 is 4.90 Å². The lowest BCUT2D eigenvalue weighted by atomic mass is 10.2. The van der Waals surface area contributed by atoms with E-state index in [2.05, 4.69) is 6.08 Å².